The number of aryl methyl sites for hydroxylation is 1. The van der Waals surface area contributed by atoms with Crippen LogP contribution in [0.1, 0.15) is 34.7 Å². The van der Waals surface area contributed by atoms with Gasteiger partial charge < -0.3 is 9.32 Å². The van der Waals surface area contributed by atoms with Crippen LogP contribution in [0.25, 0.3) is 0 Å². The van der Waals surface area contributed by atoms with E-state index in [0.717, 1.165) is 18.4 Å². The van der Waals surface area contributed by atoms with Gasteiger partial charge in [-0.15, -0.1) is 0 Å². The van der Waals surface area contributed by atoms with Gasteiger partial charge in [0.2, 0.25) is 10.0 Å². The predicted octanol–water partition coefficient (Wildman–Crippen LogP) is 2.10. The number of hydrogen-bond acceptors (Lipinski definition) is 5. The summed E-state index contributed by atoms with van der Waals surface area (Å²) in [6.45, 7) is 1.98. The molecule has 0 aliphatic heterocycles. The molecule has 2 aromatic heterocycles. The molecule has 1 aliphatic rings. The second kappa shape index (κ2) is 5.53. The fraction of sp³-hybridized carbons (Fsp3) is 0.357. The van der Waals surface area contributed by atoms with Crippen LogP contribution < -0.4 is 5.14 Å². The predicted molar refractivity (Wildman–Crippen MR) is 82.0 cm³/mol. The average molecular weight is 340 g/mol. The number of nitrogens with zero attached hydrogens (tertiary/aromatic N) is 1. The molecule has 8 heteroatoms. The first-order valence-electron chi connectivity index (χ1n) is 6.81. The van der Waals surface area contributed by atoms with Gasteiger partial charge >= 0.3 is 0 Å². The van der Waals surface area contributed by atoms with E-state index in [4.69, 9.17) is 9.56 Å². The zero-order valence-corrected chi connectivity index (χ0v) is 13.6. The molecule has 1 aliphatic carbocycles. The maximum atomic E-state index is 12.6. The molecule has 6 nitrogen and oxygen atoms in total. The van der Waals surface area contributed by atoms with E-state index in [9.17, 15) is 13.2 Å². The molecule has 1 amide bonds. The lowest BCUT2D eigenvalue weighted by atomic mass is 10.3. The largest absolute Gasteiger partial charge is 0.455 e. The maximum Gasteiger partial charge on any atom is 0.290 e. The molecule has 0 spiro atoms. The number of rotatable bonds is 5. The van der Waals surface area contributed by atoms with Crippen LogP contribution in [0.3, 0.4) is 0 Å². The summed E-state index contributed by atoms with van der Waals surface area (Å²) in [5.41, 5.74) is 1.06. The second-order valence-corrected chi connectivity index (χ2v) is 7.68. The molecule has 2 heterocycles. The highest BCUT2D eigenvalue weighted by Crippen LogP contribution is 2.31. The van der Waals surface area contributed by atoms with E-state index in [-0.39, 0.29) is 28.4 Å². The fourth-order valence-corrected chi connectivity index (χ4v) is 3.70. The monoisotopic (exact) mass is 340 g/mol. The summed E-state index contributed by atoms with van der Waals surface area (Å²) in [5.74, 6) is -0.146. The van der Waals surface area contributed by atoms with Crippen molar-refractivity contribution in [2.24, 2.45) is 5.14 Å². The van der Waals surface area contributed by atoms with Crippen LogP contribution in [-0.2, 0) is 16.6 Å². The van der Waals surface area contributed by atoms with E-state index in [0.29, 0.717) is 6.54 Å². The molecule has 0 aromatic carbocycles. The van der Waals surface area contributed by atoms with Gasteiger partial charge in [-0.2, -0.15) is 11.3 Å². The van der Waals surface area contributed by atoms with Crippen LogP contribution in [0.4, 0.5) is 0 Å². The number of carbonyl (C=O) groups is 1. The number of sulfonamides is 1. The SMILES string of the molecule is Cc1oc(C(=O)N(Cc2ccsc2)C2CC2)cc1S(N)(=O)=O. The topological polar surface area (TPSA) is 93.6 Å². The van der Waals surface area contributed by atoms with Crippen LogP contribution in [0.15, 0.2) is 32.2 Å². The van der Waals surface area contributed by atoms with Gasteiger partial charge in [0.15, 0.2) is 5.76 Å². The highest BCUT2D eigenvalue weighted by Gasteiger charge is 2.35. The number of primary sulfonamides is 1. The van der Waals surface area contributed by atoms with E-state index in [1.165, 1.54) is 13.0 Å². The van der Waals surface area contributed by atoms with Crippen LogP contribution in [0, 0.1) is 6.92 Å². The lowest BCUT2D eigenvalue weighted by Crippen LogP contribution is -2.32. The Bertz CT molecular complexity index is 789. The first-order valence-corrected chi connectivity index (χ1v) is 9.30. The zero-order valence-electron chi connectivity index (χ0n) is 12.0. The minimum Gasteiger partial charge on any atom is -0.455 e. The quantitative estimate of drug-likeness (QED) is 0.902. The molecule has 118 valence electrons. The van der Waals surface area contributed by atoms with Gasteiger partial charge in [0.1, 0.15) is 10.7 Å². The number of hydrogen-bond donors (Lipinski definition) is 1. The summed E-state index contributed by atoms with van der Waals surface area (Å²) < 4.78 is 28.2. The van der Waals surface area contributed by atoms with Crippen LogP contribution in [0.5, 0.6) is 0 Å². The van der Waals surface area contributed by atoms with E-state index >= 15 is 0 Å². The van der Waals surface area contributed by atoms with Gasteiger partial charge in [-0.1, -0.05) is 0 Å². The Morgan fingerprint density at radius 1 is 1.50 bits per heavy atom. The van der Waals surface area contributed by atoms with Gasteiger partial charge in [-0.25, -0.2) is 13.6 Å². The number of furan rings is 1. The summed E-state index contributed by atoms with van der Waals surface area (Å²) >= 11 is 1.57. The van der Waals surface area contributed by atoms with Crippen molar-refractivity contribution in [3.63, 3.8) is 0 Å². The third-order valence-electron chi connectivity index (χ3n) is 3.57. The van der Waals surface area contributed by atoms with Crippen molar-refractivity contribution in [1.29, 1.82) is 0 Å². The third kappa shape index (κ3) is 3.08. The molecule has 0 unspecified atom stereocenters. The first-order chi connectivity index (χ1) is 10.4. The van der Waals surface area contributed by atoms with E-state index in [2.05, 4.69) is 0 Å². The van der Waals surface area contributed by atoms with Gasteiger partial charge in [0.25, 0.3) is 5.91 Å². The Morgan fingerprint density at radius 3 is 2.73 bits per heavy atom. The molecular formula is C14H16N2O4S2. The van der Waals surface area contributed by atoms with Crippen LogP contribution in [-0.4, -0.2) is 25.3 Å². The fourth-order valence-electron chi connectivity index (χ4n) is 2.33. The third-order valence-corrected chi connectivity index (χ3v) is 5.32. The molecule has 0 radical (unpaired) electrons. The van der Waals surface area contributed by atoms with Crippen molar-refractivity contribution in [3.8, 4) is 0 Å². The minimum atomic E-state index is -3.89. The summed E-state index contributed by atoms with van der Waals surface area (Å²) in [5, 5.41) is 9.07. The normalized spacial score (nSPS) is 15.0. The molecule has 1 fully saturated rings. The van der Waals surface area contributed by atoms with Crippen molar-refractivity contribution in [3.05, 3.63) is 40.0 Å². The molecule has 0 saturated heterocycles. The Kier molecular flexibility index (Phi) is 3.84. The van der Waals surface area contributed by atoms with Gasteiger partial charge in [0, 0.05) is 18.7 Å². The van der Waals surface area contributed by atoms with Crippen molar-refractivity contribution in [2.45, 2.75) is 37.2 Å². The highest BCUT2D eigenvalue weighted by molar-refractivity contribution is 7.89. The standard InChI is InChI=1S/C14H16N2O4S2/c1-9-13(22(15,18)19)6-12(20-9)14(17)16(11-2-3-11)7-10-4-5-21-8-10/h4-6,8,11H,2-3,7H2,1H3,(H2,15,18,19). The molecule has 22 heavy (non-hydrogen) atoms. The zero-order chi connectivity index (χ0) is 15.9. The number of nitrogens with two attached hydrogens (primary N) is 1. The van der Waals surface area contributed by atoms with Crippen molar-refractivity contribution >= 4 is 27.3 Å². The molecule has 2 N–H and O–H groups in total. The number of carbonyl (C=O) groups excluding carboxylic acids is 1. The summed E-state index contributed by atoms with van der Waals surface area (Å²) in [4.78, 5) is 14.2. The van der Waals surface area contributed by atoms with Gasteiger partial charge in [0.05, 0.1) is 0 Å². The van der Waals surface area contributed by atoms with E-state index in [1.807, 2.05) is 16.8 Å². The van der Waals surface area contributed by atoms with Gasteiger partial charge in [-0.05, 0) is 42.2 Å². The molecule has 3 rings (SSSR count). The molecular weight excluding hydrogens is 324 g/mol. The summed E-state index contributed by atoms with van der Waals surface area (Å²) in [6.07, 6.45) is 1.91. The lowest BCUT2D eigenvalue weighted by molar-refractivity contribution is 0.0696. The van der Waals surface area contributed by atoms with Crippen molar-refractivity contribution < 1.29 is 17.6 Å². The van der Waals surface area contributed by atoms with E-state index in [1.54, 1.807) is 16.2 Å². The van der Waals surface area contributed by atoms with Crippen LogP contribution in [0.2, 0.25) is 0 Å². The average Bonchev–Trinajstić information content (AvgIpc) is 2.98. The maximum absolute atomic E-state index is 12.6. The summed E-state index contributed by atoms with van der Waals surface area (Å²) in [7, 11) is -3.89. The number of amides is 1. The lowest BCUT2D eigenvalue weighted by Gasteiger charge is -2.20. The minimum absolute atomic E-state index is 0.0173. The Hall–Kier alpha value is -1.64. The van der Waals surface area contributed by atoms with E-state index < -0.39 is 10.0 Å². The Balaban J connectivity index is 1.88. The molecule has 0 bridgehead atoms. The van der Waals surface area contributed by atoms with Gasteiger partial charge in [-0.3, -0.25) is 4.79 Å². The highest BCUT2D eigenvalue weighted by atomic mass is 32.2. The molecule has 2 aromatic rings. The Labute approximate surface area is 132 Å². The Morgan fingerprint density at radius 2 is 2.23 bits per heavy atom. The van der Waals surface area contributed by atoms with Crippen molar-refractivity contribution in [1.82, 2.24) is 4.90 Å². The first kappa shape index (κ1) is 15.3. The van der Waals surface area contributed by atoms with Crippen LogP contribution >= 0.6 is 11.3 Å². The van der Waals surface area contributed by atoms with Crippen molar-refractivity contribution in [2.75, 3.05) is 0 Å². The summed E-state index contributed by atoms with van der Waals surface area (Å²) in [6, 6.07) is 3.38. The molecule has 1 saturated carbocycles. The smallest absolute Gasteiger partial charge is 0.290 e. The second-order valence-electron chi connectivity index (χ2n) is 5.37. The number of thiophene rings is 1. The molecule has 0 atom stereocenters.